The summed E-state index contributed by atoms with van der Waals surface area (Å²) >= 11 is 0. The number of nitriles is 1. The predicted octanol–water partition coefficient (Wildman–Crippen LogP) is 3.20. The zero-order chi connectivity index (χ0) is 15.7. The Morgan fingerprint density at radius 3 is 2.50 bits per heavy atom. The number of nitroso groups, excluding NO2 is 1. The number of primary amides is 1. The first-order valence-electron chi connectivity index (χ1n) is 6.43. The van der Waals surface area contributed by atoms with Gasteiger partial charge in [-0.2, -0.15) is 5.26 Å². The number of carbonyl (C=O) groups excluding carboxylic acids is 1. The van der Waals surface area contributed by atoms with Crippen LogP contribution in [0.2, 0.25) is 0 Å². The Labute approximate surface area is 125 Å². The van der Waals surface area contributed by atoms with Gasteiger partial charge in [0.15, 0.2) is 0 Å². The van der Waals surface area contributed by atoms with Crippen molar-refractivity contribution < 1.29 is 4.79 Å². The van der Waals surface area contributed by atoms with E-state index >= 15 is 0 Å². The molecule has 3 N–H and O–H groups in total. The standard InChI is InChI=1S/C16H10N4O2/c17-8-9-5-11-7-14(16(18)21)19-15(11)13(6-9)10-1-3-12(20-22)4-2-10/h1-7,19H,(H2,18,21). The Morgan fingerprint density at radius 2 is 1.91 bits per heavy atom. The minimum atomic E-state index is -0.568. The van der Waals surface area contributed by atoms with Crippen LogP contribution in [0, 0.1) is 16.2 Å². The number of nitrogens with zero attached hydrogens (tertiary/aromatic N) is 2. The van der Waals surface area contributed by atoms with Crippen LogP contribution in [0.15, 0.2) is 47.6 Å². The first kappa shape index (κ1) is 13.5. The van der Waals surface area contributed by atoms with Gasteiger partial charge in [0.1, 0.15) is 11.4 Å². The summed E-state index contributed by atoms with van der Waals surface area (Å²) < 4.78 is 0. The van der Waals surface area contributed by atoms with Crippen LogP contribution < -0.4 is 5.73 Å². The second kappa shape index (κ2) is 5.14. The SMILES string of the molecule is N#Cc1cc(-c2ccc(N=O)cc2)c2[nH]c(C(N)=O)cc2c1. The fourth-order valence-electron chi connectivity index (χ4n) is 2.37. The Kier molecular flexibility index (Phi) is 3.16. The van der Waals surface area contributed by atoms with Crippen molar-refractivity contribution in [2.75, 3.05) is 0 Å². The van der Waals surface area contributed by atoms with Crippen LogP contribution in [0.4, 0.5) is 5.69 Å². The highest BCUT2D eigenvalue weighted by Crippen LogP contribution is 2.31. The van der Waals surface area contributed by atoms with Crippen LogP contribution in [-0.4, -0.2) is 10.9 Å². The normalized spacial score (nSPS) is 10.3. The molecule has 0 atom stereocenters. The number of hydrogen-bond acceptors (Lipinski definition) is 4. The van der Waals surface area contributed by atoms with Crippen molar-refractivity contribution in [1.29, 1.82) is 5.26 Å². The van der Waals surface area contributed by atoms with Gasteiger partial charge >= 0.3 is 0 Å². The van der Waals surface area contributed by atoms with Crippen LogP contribution in [-0.2, 0) is 0 Å². The van der Waals surface area contributed by atoms with Gasteiger partial charge in [0, 0.05) is 10.9 Å². The minimum Gasteiger partial charge on any atom is -0.364 e. The van der Waals surface area contributed by atoms with Gasteiger partial charge < -0.3 is 10.7 Å². The third-order valence-corrected chi connectivity index (χ3v) is 3.41. The fraction of sp³-hybridized carbons (Fsp3) is 0. The summed E-state index contributed by atoms with van der Waals surface area (Å²) in [5.74, 6) is -0.568. The first-order chi connectivity index (χ1) is 10.6. The molecule has 6 heteroatoms. The summed E-state index contributed by atoms with van der Waals surface area (Å²) in [5.41, 5.74) is 8.61. The Morgan fingerprint density at radius 1 is 1.18 bits per heavy atom. The topological polar surface area (TPSA) is 112 Å². The highest BCUT2D eigenvalue weighted by Gasteiger charge is 2.12. The number of nitrogens with two attached hydrogens (primary N) is 1. The smallest absolute Gasteiger partial charge is 0.265 e. The third-order valence-electron chi connectivity index (χ3n) is 3.41. The highest BCUT2D eigenvalue weighted by atomic mass is 16.3. The average molecular weight is 290 g/mol. The monoisotopic (exact) mass is 290 g/mol. The van der Waals surface area contributed by atoms with E-state index in [1.165, 1.54) is 0 Å². The van der Waals surface area contributed by atoms with Crippen molar-refractivity contribution in [2.24, 2.45) is 10.9 Å². The van der Waals surface area contributed by atoms with Gasteiger partial charge in [-0.3, -0.25) is 4.79 Å². The highest BCUT2D eigenvalue weighted by molar-refractivity contribution is 6.02. The second-order valence-corrected chi connectivity index (χ2v) is 4.79. The van der Waals surface area contributed by atoms with E-state index in [0.29, 0.717) is 16.8 Å². The Bertz CT molecular complexity index is 933. The molecule has 3 rings (SSSR count). The van der Waals surface area contributed by atoms with E-state index in [9.17, 15) is 9.70 Å². The maximum atomic E-state index is 11.3. The molecule has 0 spiro atoms. The van der Waals surface area contributed by atoms with E-state index in [1.807, 2.05) is 0 Å². The van der Waals surface area contributed by atoms with Crippen molar-refractivity contribution in [3.63, 3.8) is 0 Å². The van der Waals surface area contributed by atoms with Crippen LogP contribution in [0.25, 0.3) is 22.0 Å². The molecule has 1 heterocycles. The van der Waals surface area contributed by atoms with Gasteiger partial charge in [0.2, 0.25) is 0 Å². The molecule has 0 unspecified atom stereocenters. The molecule has 106 valence electrons. The van der Waals surface area contributed by atoms with Crippen LogP contribution >= 0.6 is 0 Å². The molecule has 1 aromatic heterocycles. The molecule has 0 saturated carbocycles. The van der Waals surface area contributed by atoms with Gasteiger partial charge in [0.25, 0.3) is 5.91 Å². The molecular weight excluding hydrogens is 280 g/mol. The number of fused-ring (bicyclic) bond motifs is 1. The summed E-state index contributed by atoms with van der Waals surface area (Å²) in [5, 5.41) is 12.7. The lowest BCUT2D eigenvalue weighted by molar-refractivity contribution is 0.0996. The first-order valence-corrected chi connectivity index (χ1v) is 6.43. The zero-order valence-corrected chi connectivity index (χ0v) is 11.3. The van der Waals surface area contributed by atoms with Crippen molar-refractivity contribution >= 4 is 22.5 Å². The molecule has 0 aliphatic rings. The number of amides is 1. The molecule has 1 amide bonds. The number of rotatable bonds is 3. The maximum absolute atomic E-state index is 11.3. The predicted molar refractivity (Wildman–Crippen MR) is 82.4 cm³/mol. The van der Waals surface area contributed by atoms with Crippen LogP contribution in [0.3, 0.4) is 0 Å². The summed E-state index contributed by atoms with van der Waals surface area (Å²) in [6.07, 6.45) is 0. The second-order valence-electron chi connectivity index (χ2n) is 4.79. The van der Waals surface area contributed by atoms with Crippen molar-refractivity contribution in [3.05, 3.63) is 58.6 Å². The zero-order valence-electron chi connectivity index (χ0n) is 11.3. The Balaban J connectivity index is 2.27. The molecule has 22 heavy (non-hydrogen) atoms. The van der Waals surface area contributed by atoms with Crippen molar-refractivity contribution in [1.82, 2.24) is 4.98 Å². The van der Waals surface area contributed by atoms with Crippen LogP contribution in [0.1, 0.15) is 16.1 Å². The molecule has 0 saturated heterocycles. The molecular formula is C16H10N4O2. The van der Waals surface area contributed by atoms with E-state index in [0.717, 1.165) is 16.5 Å². The summed E-state index contributed by atoms with van der Waals surface area (Å²) in [6, 6.07) is 13.7. The van der Waals surface area contributed by atoms with E-state index in [1.54, 1.807) is 42.5 Å². The number of H-pyrrole nitrogens is 1. The maximum Gasteiger partial charge on any atom is 0.265 e. The quantitative estimate of drug-likeness (QED) is 0.722. The lowest BCUT2D eigenvalue weighted by atomic mass is 10.00. The van der Waals surface area contributed by atoms with E-state index in [-0.39, 0.29) is 5.69 Å². The molecule has 6 nitrogen and oxygen atoms in total. The number of hydrogen-bond donors (Lipinski definition) is 2. The molecule has 0 bridgehead atoms. The fourth-order valence-corrected chi connectivity index (χ4v) is 2.37. The van der Waals surface area contributed by atoms with E-state index in [2.05, 4.69) is 16.2 Å². The van der Waals surface area contributed by atoms with Gasteiger partial charge in [-0.1, -0.05) is 12.1 Å². The summed E-state index contributed by atoms with van der Waals surface area (Å²) in [7, 11) is 0. The van der Waals surface area contributed by atoms with Crippen molar-refractivity contribution in [3.8, 4) is 17.2 Å². The van der Waals surface area contributed by atoms with E-state index in [4.69, 9.17) is 11.0 Å². The number of aromatic amines is 1. The summed E-state index contributed by atoms with van der Waals surface area (Å²) in [4.78, 5) is 24.8. The van der Waals surface area contributed by atoms with Gasteiger partial charge in [0.05, 0.1) is 17.1 Å². The third kappa shape index (κ3) is 2.21. The summed E-state index contributed by atoms with van der Waals surface area (Å²) in [6.45, 7) is 0. The number of benzene rings is 2. The average Bonchev–Trinajstić information content (AvgIpc) is 2.98. The van der Waals surface area contributed by atoms with Crippen LogP contribution in [0.5, 0.6) is 0 Å². The largest absolute Gasteiger partial charge is 0.364 e. The van der Waals surface area contributed by atoms with Crippen molar-refractivity contribution in [2.45, 2.75) is 0 Å². The number of carbonyl (C=O) groups is 1. The van der Waals surface area contributed by atoms with Gasteiger partial charge in [-0.15, -0.1) is 4.91 Å². The molecule has 0 aliphatic carbocycles. The molecule has 2 aromatic carbocycles. The van der Waals surface area contributed by atoms with Gasteiger partial charge in [-0.05, 0) is 41.1 Å². The molecule has 0 fully saturated rings. The number of nitrogens with one attached hydrogen (secondary N) is 1. The molecule has 3 aromatic rings. The molecule has 0 radical (unpaired) electrons. The minimum absolute atomic E-state index is 0.275. The number of aromatic nitrogens is 1. The lowest BCUT2D eigenvalue weighted by Crippen LogP contribution is -2.10. The van der Waals surface area contributed by atoms with Gasteiger partial charge in [-0.25, -0.2) is 0 Å². The van der Waals surface area contributed by atoms with E-state index < -0.39 is 5.91 Å². The molecule has 0 aliphatic heterocycles. The lowest BCUT2D eigenvalue weighted by Gasteiger charge is -2.05. The Hall–Kier alpha value is -3.46.